The first-order valence-electron chi connectivity index (χ1n) is 9.40. The molecule has 31 heavy (non-hydrogen) atoms. The number of nitrogens with zero attached hydrogens (tertiary/aromatic N) is 3. The van der Waals surface area contributed by atoms with Crippen LogP contribution >= 0.6 is 23.7 Å². The van der Waals surface area contributed by atoms with Crippen molar-refractivity contribution in [1.29, 1.82) is 0 Å². The highest BCUT2D eigenvalue weighted by Gasteiger charge is 2.23. The maximum atomic E-state index is 13.0. The molecule has 0 fully saturated rings. The fraction of sp³-hybridized carbons (Fsp3) is 0.333. The summed E-state index contributed by atoms with van der Waals surface area (Å²) in [5.74, 6) is 0.419. The molecular weight excluding hydrogens is 458 g/mol. The molecule has 0 unspecified atom stereocenters. The molecule has 1 heterocycles. The van der Waals surface area contributed by atoms with E-state index in [4.69, 9.17) is 4.74 Å². The summed E-state index contributed by atoms with van der Waals surface area (Å²) < 4.78 is 30.7. The summed E-state index contributed by atoms with van der Waals surface area (Å²) in [6.45, 7) is 2.83. The average molecular weight is 484 g/mol. The number of benzene rings is 2. The lowest BCUT2D eigenvalue weighted by Gasteiger charge is -2.22. The molecule has 0 atom stereocenters. The van der Waals surface area contributed by atoms with E-state index in [-0.39, 0.29) is 29.8 Å². The van der Waals surface area contributed by atoms with Crippen molar-refractivity contribution in [3.8, 4) is 5.75 Å². The molecule has 0 bridgehead atoms. The second-order valence-corrected chi connectivity index (χ2v) is 10.3. The Morgan fingerprint density at radius 3 is 2.45 bits per heavy atom. The van der Waals surface area contributed by atoms with E-state index < -0.39 is 9.84 Å². The van der Waals surface area contributed by atoms with Gasteiger partial charge in [0, 0.05) is 19.3 Å². The SMILES string of the molecule is Cc1ccccc1OCC(=O)N(CCN(C)C)c1nc2c(S(C)(=O)=O)cccc2s1.Cl. The number of rotatable bonds is 8. The molecule has 0 saturated carbocycles. The number of ether oxygens (including phenoxy) is 1. The number of sulfone groups is 1. The van der Waals surface area contributed by atoms with Crippen LogP contribution in [0.15, 0.2) is 47.4 Å². The molecule has 10 heteroatoms. The zero-order valence-electron chi connectivity index (χ0n) is 17.9. The van der Waals surface area contributed by atoms with Crippen LogP contribution in [0, 0.1) is 6.92 Å². The second-order valence-electron chi connectivity index (χ2n) is 7.27. The number of hydrogen-bond donors (Lipinski definition) is 0. The first-order chi connectivity index (χ1) is 14.2. The van der Waals surface area contributed by atoms with Crippen molar-refractivity contribution in [2.24, 2.45) is 0 Å². The maximum absolute atomic E-state index is 13.0. The molecule has 3 aromatic rings. The molecule has 0 aliphatic heterocycles. The number of fused-ring (bicyclic) bond motifs is 1. The van der Waals surface area contributed by atoms with Crippen molar-refractivity contribution < 1.29 is 17.9 Å². The molecule has 0 aliphatic carbocycles. The highest BCUT2D eigenvalue weighted by molar-refractivity contribution is 7.91. The third kappa shape index (κ3) is 6.16. The van der Waals surface area contributed by atoms with Crippen LogP contribution in [-0.4, -0.2) is 64.3 Å². The van der Waals surface area contributed by atoms with Crippen LogP contribution in [0.2, 0.25) is 0 Å². The lowest BCUT2D eigenvalue weighted by atomic mass is 10.2. The Bertz CT molecular complexity index is 1160. The summed E-state index contributed by atoms with van der Waals surface area (Å²) in [6.07, 6.45) is 1.16. The molecule has 1 aromatic heterocycles. The zero-order valence-corrected chi connectivity index (χ0v) is 20.3. The summed E-state index contributed by atoms with van der Waals surface area (Å²) in [5.41, 5.74) is 1.34. The number of aromatic nitrogens is 1. The molecule has 0 radical (unpaired) electrons. The molecule has 1 amide bonds. The summed E-state index contributed by atoms with van der Waals surface area (Å²) >= 11 is 1.30. The predicted molar refractivity (Wildman–Crippen MR) is 128 cm³/mol. The minimum atomic E-state index is -3.43. The van der Waals surface area contributed by atoms with Gasteiger partial charge in [-0.1, -0.05) is 35.6 Å². The number of para-hydroxylation sites is 2. The lowest BCUT2D eigenvalue weighted by molar-refractivity contribution is -0.120. The van der Waals surface area contributed by atoms with Crippen molar-refractivity contribution >= 4 is 54.8 Å². The maximum Gasteiger partial charge on any atom is 0.266 e. The van der Waals surface area contributed by atoms with Crippen LogP contribution in [0.25, 0.3) is 10.2 Å². The van der Waals surface area contributed by atoms with Crippen molar-refractivity contribution in [3.63, 3.8) is 0 Å². The Balaban J connectivity index is 0.00000341. The summed E-state index contributed by atoms with van der Waals surface area (Å²) in [7, 11) is 0.415. The van der Waals surface area contributed by atoms with Gasteiger partial charge >= 0.3 is 0 Å². The topological polar surface area (TPSA) is 79.8 Å². The number of carbonyl (C=O) groups excluding carboxylic acids is 1. The van der Waals surface area contributed by atoms with E-state index in [0.717, 1.165) is 16.5 Å². The minimum absolute atomic E-state index is 0. The lowest BCUT2D eigenvalue weighted by Crippen LogP contribution is -2.39. The Labute approximate surface area is 193 Å². The molecule has 0 aliphatic rings. The van der Waals surface area contributed by atoms with E-state index in [1.54, 1.807) is 11.0 Å². The first-order valence-corrected chi connectivity index (χ1v) is 12.1. The molecule has 0 N–H and O–H groups in total. The van der Waals surface area contributed by atoms with Gasteiger partial charge in [0.2, 0.25) is 0 Å². The van der Waals surface area contributed by atoms with Gasteiger partial charge in [0.15, 0.2) is 21.6 Å². The normalized spacial score (nSPS) is 11.4. The molecule has 0 saturated heterocycles. The highest BCUT2D eigenvalue weighted by atomic mass is 35.5. The largest absolute Gasteiger partial charge is 0.483 e. The number of halogens is 1. The van der Waals surface area contributed by atoms with E-state index in [2.05, 4.69) is 4.98 Å². The van der Waals surface area contributed by atoms with Gasteiger partial charge in [-0.15, -0.1) is 12.4 Å². The summed E-state index contributed by atoms with van der Waals surface area (Å²) in [5, 5.41) is 0.460. The number of aryl methyl sites for hydroxylation is 1. The highest BCUT2D eigenvalue weighted by Crippen LogP contribution is 2.32. The van der Waals surface area contributed by atoms with Gasteiger partial charge in [0.05, 0.1) is 9.60 Å². The number of anilines is 1. The summed E-state index contributed by atoms with van der Waals surface area (Å²) in [4.78, 5) is 21.3. The third-order valence-corrected chi connectivity index (χ3v) is 6.69. The van der Waals surface area contributed by atoms with Crippen LogP contribution in [0.5, 0.6) is 5.75 Å². The van der Waals surface area contributed by atoms with Gasteiger partial charge in [-0.2, -0.15) is 0 Å². The molecular formula is C21H26ClN3O4S2. The van der Waals surface area contributed by atoms with Gasteiger partial charge in [-0.25, -0.2) is 13.4 Å². The standard InChI is InChI=1S/C21H25N3O4S2.ClH/c1-15-8-5-6-9-16(15)28-14-19(25)24(13-12-23(2)3)21-22-20-17(29-21)10-7-11-18(20)30(4,26)27;/h5-11H,12-14H2,1-4H3;1H. The van der Waals surface area contributed by atoms with E-state index in [0.29, 0.717) is 29.5 Å². The van der Waals surface area contributed by atoms with E-state index in [1.807, 2.05) is 56.3 Å². The summed E-state index contributed by atoms with van der Waals surface area (Å²) in [6, 6.07) is 12.5. The van der Waals surface area contributed by atoms with Crippen molar-refractivity contribution in [3.05, 3.63) is 48.0 Å². The smallest absolute Gasteiger partial charge is 0.266 e. The number of likely N-dealkylation sites (N-methyl/N-ethyl adjacent to an activating group) is 1. The van der Waals surface area contributed by atoms with Crippen LogP contribution < -0.4 is 9.64 Å². The molecule has 0 spiro atoms. The second kappa shape index (κ2) is 10.4. The number of carbonyl (C=O) groups is 1. The van der Waals surface area contributed by atoms with Crippen molar-refractivity contribution in [2.75, 3.05) is 44.9 Å². The Kier molecular flexibility index (Phi) is 8.41. The Morgan fingerprint density at radius 1 is 1.10 bits per heavy atom. The van der Waals surface area contributed by atoms with Crippen LogP contribution in [0.1, 0.15) is 5.56 Å². The molecule has 7 nitrogen and oxygen atoms in total. The Morgan fingerprint density at radius 2 is 1.81 bits per heavy atom. The molecule has 2 aromatic carbocycles. The fourth-order valence-electron chi connectivity index (χ4n) is 2.89. The van der Waals surface area contributed by atoms with Crippen LogP contribution in [-0.2, 0) is 14.6 Å². The van der Waals surface area contributed by atoms with E-state index in [9.17, 15) is 13.2 Å². The van der Waals surface area contributed by atoms with Gasteiger partial charge in [-0.05, 0) is 44.8 Å². The monoisotopic (exact) mass is 483 g/mol. The van der Waals surface area contributed by atoms with E-state index in [1.165, 1.54) is 17.4 Å². The minimum Gasteiger partial charge on any atom is -0.483 e. The number of hydrogen-bond acceptors (Lipinski definition) is 7. The van der Waals surface area contributed by atoms with Crippen molar-refractivity contribution in [2.45, 2.75) is 11.8 Å². The zero-order chi connectivity index (χ0) is 21.9. The third-order valence-electron chi connectivity index (χ3n) is 4.52. The Hall–Kier alpha value is -2.20. The van der Waals surface area contributed by atoms with E-state index >= 15 is 0 Å². The van der Waals surface area contributed by atoms with Gasteiger partial charge in [-0.3, -0.25) is 9.69 Å². The van der Waals surface area contributed by atoms with Gasteiger partial charge in [0.1, 0.15) is 11.3 Å². The molecule has 168 valence electrons. The van der Waals surface area contributed by atoms with Crippen LogP contribution in [0.3, 0.4) is 0 Å². The average Bonchev–Trinajstić information content (AvgIpc) is 3.10. The van der Waals surface area contributed by atoms with Gasteiger partial charge < -0.3 is 9.64 Å². The quantitative estimate of drug-likeness (QED) is 0.488. The predicted octanol–water partition coefficient (Wildman–Crippen LogP) is 3.40. The molecule has 3 rings (SSSR count). The number of thiazole rings is 1. The first kappa shape index (κ1) is 25.1. The fourth-order valence-corrected chi connectivity index (χ4v) is 4.82. The van der Waals surface area contributed by atoms with Gasteiger partial charge in [0.25, 0.3) is 5.91 Å². The van der Waals surface area contributed by atoms with Crippen LogP contribution in [0.4, 0.5) is 5.13 Å². The number of amides is 1. The van der Waals surface area contributed by atoms with Crippen molar-refractivity contribution in [1.82, 2.24) is 9.88 Å².